The highest BCUT2D eigenvalue weighted by Gasteiger charge is 2.23. The number of rotatable bonds is 5. The fourth-order valence-electron chi connectivity index (χ4n) is 2.52. The number of hydrogen-bond donors (Lipinski definition) is 1. The van der Waals surface area contributed by atoms with Gasteiger partial charge < -0.3 is 10.7 Å². The molecule has 134 valence electrons. The molecule has 0 saturated carbocycles. The first-order valence-corrected chi connectivity index (χ1v) is 9.12. The second-order valence-corrected chi connectivity index (χ2v) is 7.34. The second-order valence-electron chi connectivity index (χ2n) is 6.04. The summed E-state index contributed by atoms with van der Waals surface area (Å²) in [6, 6.07) is 17.4. The lowest BCUT2D eigenvalue weighted by molar-refractivity contribution is -0.117. The molecule has 26 heavy (non-hydrogen) atoms. The van der Waals surface area contributed by atoms with E-state index >= 15 is 0 Å². The number of aromatic nitrogens is 3. The molecule has 0 unspecified atom stereocenters. The van der Waals surface area contributed by atoms with Crippen LogP contribution in [0, 0.1) is 6.92 Å². The van der Waals surface area contributed by atoms with E-state index in [-0.39, 0.29) is 11.2 Å². The SMILES string of the molecule is Cc1ccc(-c2nnc(S[C@H](C)C(=O)N(C)c3ccccc3)n2N)cc1. The molecule has 0 aliphatic carbocycles. The van der Waals surface area contributed by atoms with Crippen molar-refractivity contribution >= 4 is 23.4 Å². The van der Waals surface area contributed by atoms with E-state index in [1.807, 2.05) is 68.4 Å². The molecule has 7 heteroatoms. The molecule has 1 amide bonds. The minimum absolute atomic E-state index is 0.0268. The van der Waals surface area contributed by atoms with Gasteiger partial charge in [0.25, 0.3) is 0 Å². The minimum atomic E-state index is -0.349. The first-order valence-electron chi connectivity index (χ1n) is 8.24. The number of para-hydroxylation sites is 1. The van der Waals surface area contributed by atoms with E-state index in [9.17, 15) is 4.79 Å². The van der Waals surface area contributed by atoms with Crippen molar-refractivity contribution in [1.29, 1.82) is 0 Å². The molecule has 1 heterocycles. The van der Waals surface area contributed by atoms with Gasteiger partial charge in [0.05, 0.1) is 5.25 Å². The van der Waals surface area contributed by atoms with Crippen molar-refractivity contribution in [2.24, 2.45) is 0 Å². The number of amides is 1. The number of carbonyl (C=O) groups excluding carboxylic acids is 1. The molecule has 6 nitrogen and oxygen atoms in total. The summed E-state index contributed by atoms with van der Waals surface area (Å²) in [6.07, 6.45) is 0. The van der Waals surface area contributed by atoms with Gasteiger partial charge in [0.1, 0.15) is 0 Å². The largest absolute Gasteiger partial charge is 0.335 e. The number of nitrogens with zero attached hydrogens (tertiary/aromatic N) is 4. The molecule has 3 aromatic rings. The average Bonchev–Trinajstić information content (AvgIpc) is 3.02. The molecule has 0 aliphatic rings. The zero-order valence-electron chi connectivity index (χ0n) is 15.0. The summed E-state index contributed by atoms with van der Waals surface area (Å²) in [6.45, 7) is 3.86. The van der Waals surface area contributed by atoms with Crippen LogP contribution in [0.2, 0.25) is 0 Å². The first-order chi connectivity index (χ1) is 12.5. The number of nitrogens with two attached hydrogens (primary N) is 1. The number of thioether (sulfide) groups is 1. The van der Waals surface area contributed by atoms with Gasteiger partial charge in [0.2, 0.25) is 11.1 Å². The second kappa shape index (κ2) is 7.61. The Kier molecular flexibility index (Phi) is 5.27. The quantitative estimate of drug-likeness (QED) is 0.554. The third-order valence-corrected chi connectivity index (χ3v) is 5.12. The van der Waals surface area contributed by atoms with Crippen LogP contribution in [0.3, 0.4) is 0 Å². The summed E-state index contributed by atoms with van der Waals surface area (Å²) in [5.41, 5.74) is 2.90. The van der Waals surface area contributed by atoms with Crippen molar-refractivity contribution in [3.63, 3.8) is 0 Å². The normalized spacial score (nSPS) is 12.0. The highest BCUT2D eigenvalue weighted by molar-refractivity contribution is 8.00. The summed E-state index contributed by atoms with van der Waals surface area (Å²) in [5.74, 6) is 6.70. The predicted octanol–water partition coefficient (Wildman–Crippen LogP) is 3.11. The maximum absolute atomic E-state index is 12.7. The molecule has 3 rings (SSSR count). The Balaban J connectivity index is 1.74. The van der Waals surface area contributed by atoms with Crippen molar-refractivity contribution in [2.75, 3.05) is 17.8 Å². The van der Waals surface area contributed by atoms with E-state index in [4.69, 9.17) is 5.84 Å². The molecule has 0 fully saturated rings. The fourth-order valence-corrected chi connectivity index (χ4v) is 3.38. The summed E-state index contributed by atoms with van der Waals surface area (Å²) in [7, 11) is 1.76. The lowest BCUT2D eigenvalue weighted by Gasteiger charge is -2.20. The summed E-state index contributed by atoms with van der Waals surface area (Å²) < 4.78 is 1.43. The van der Waals surface area contributed by atoms with Crippen LogP contribution in [-0.4, -0.2) is 33.1 Å². The first kappa shape index (κ1) is 18.0. The molecule has 0 radical (unpaired) electrons. The molecule has 0 bridgehead atoms. The van der Waals surface area contributed by atoms with Crippen LogP contribution in [-0.2, 0) is 4.79 Å². The number of hydrogen-bond acceptors (Lipinski definition) is 5. The molecule has 0 aliphatic heterocycles. The lowest BCUT2D eigenvalue weighted by Crippen LogP contribution is -2.33. The van der Waals surface area contributed by atoms with Gasteiger partial charge in [-0.2, -0.15) is 0 Å². The van der Waals surface area contributed by atoms with Crippen molar-refractivity contribution in [3.05, 3.63) is 60.2 Å². The van der Waals surface area contributed by atoms with Gasteiger partial charge in [-0.15, -0.1) is 10.2 Å². The third-order valence-electron chi connectivity index (χ3n) is 4.08. The Labute approximate surface area is 157 Å². The standard InChI is InChI=1S/C19H21N5OS/c1-13-9-11-15(12-10-13)17-21-22-19(24(17)20)26-14(2)18(25)23(3)16-7-5-4-6-8-16/h4-12,14H,20H2,1-3H3/t14-/m1/s1. The molecular weight excluding hydrogens is 346 g/mol. The predicted molar refractivity (Wildman–Crippen MR) is 106 cm³/mol. The van der Waals surface area contributed by atoms with Gasteiger partial charge in [0, 0.05) is 18.3 Å². The number of nitrogen functional groups attached to an aromatic ring is 1. The van der Waals surface area contributed by atoms with Crippen LogP contribution >= 0.6 is 11.8 Å². The van der Waals surface area contributed by atoms with Crippen LogP contribution in [0.15, 0.2) is 59.8 Å². The molecule has 2 N–H and O–H groups in total. The molecule has 0 spiro atoms. The Hall–Kier alpha value is -2.80. The van der Waals surface area contributed by atoms with E-state index in [1.165, 1.54) is 16.4 Å². The monoisotopic (exact) mass is 367 g/mol. The summed E-state index contributed by atoms with van der Waals surface area (Å²) in [4.78, 5) is 14.3. The fraction of sp³-hybridized carbons (Fsp3) is 0.211. The topological polar surface area (TPSA) is 77.0 Å². The molecule has 2 aromatic carbocycles. The molecule has 0 saturated heterocycles. The van der Waals surface area contributed by atoms with E-state index in [1.54, 1.807) is 11.9 Å². The molecule has 1 aromatic heterocycles. The highest BCUT2D eigenvalue weighted by Crippen LogP contribution is 2.26. The third kappa shape index (κ3) is 3.72. The number of anilines is 1. The Morgan fingerprint density at radius 3 is 2.42 bits per heavy atom. The van der Waals surface area contributed by atoms with Crippen LogP contribution in [0.5, 0.6) is 0 Å². The Bertz CT molecular complexity index is 892. The van der Waals surface area contributed by atoms with Crippen molar-refractivity contribution in [2.45, 2.75) is 24.3 Å². The lowest BCUT2D eigenvalue weighted by atomic mass is 10.1. The van der Waals surface area contributed by atoms with Crippen molar-refractivity contribution in [1.82, 2.24) is 14.9 Å². The highest BCUT2D eigenvalue weighted by atomic mass is 32.2. The van der Waals surface area contributed by atoms with Crippen LogP contribution in [0.25, 0.3) is 11.4 Å². The average molecular weight is 367 g/mol. The van der Waals surface area contributed by atoms with E-state index < -0.39 is 0 Å². The number of benzene rings is 2. The van der Waals surface area contributed by atoms with Crippen molar-refractivity contribution in [3.8, 4) is 11.4 Å². The smallest absolute Gasteiger partial charge is 0.240 e. The zero-order chi connectivity index (χ0) is 18.7. The van der Waals surface area contributed by atoms with Gasteiger partial charge in [-0.1, -0.05) is 59.8 Å². The Morgan fingerprint density at radius 1 is 1.12 bits per heavy atom. The maximum atomic E-state index is 12.7. The van der Waals surface area contributed by atoms with Crippen LogP contribution < -0.4 is 10.7 Å². The van der Waals surface area contributed by atoms with Gasteiger partial charge >= 0.3 is 0 Å². The summed E-state index contributed by atoms with van der Waals surface area (Å²) in [5, 5.41) is 8.48. The zero-order valence-corrected chi connectivity index (χ0v) is 15.8. The van der Waals surface area contributed by atoms with Gasteiger partial charge in [-0.3, -0.25) is 4.79 Å². The minimum Gasteiger partial charge on any atom is -0.335 e. The molecular formula is C19H21N5OS. The van der Waals surface area contributed by atoms with E-state index in [0.29, 0.717) is 11.0 Å². The maximum Gasteiger partial charge on any atom is 0.240 e. The van der Waals surface area contributed by atoms with Crippen LogP contribution in [0.1, 0.15) is 12.5 Å². The number of carbonyl (C=O) groups is 1. The Morgan fingerprint density at radius 2 is 1.77 bits per heavy atom. The summed E-state index contributed by atoms with van der Waals surface area (Å²) >= 11 is 1.29. The van der Waals surface area contributed by atoms with Gasteiger partial charge in [-0.25, -0.2) is 4.68 Å². The van der Waals surface area contributed by atoms with Gasteiger partial charge in [-0.05, 0) is 26.0 Å². The van der Waals surface area contributed by atoms with Crippen LogP contribution in [0.4, 0.5) is 5.69 Å². The van der Waals surface area contributed by atoms with E-state index in [2.05, 4.69) is 10.2 Å². The van der Waals surface area contributed by atoms with Crippen molar-refractivity contribution < 1.29 is 4.79 Å². The number of aryl methyl sites for hydroxylation is 1. The van der Waals surface area contributed by atoms with E-state index in [0.717, 1.165) is 16.8 Å². The van der Waals surface area contributed by atoms with Gasteiger partial charge in [0.15, 0.2) is 5.82 Å². The molecule has 1 atom stereocenters.